The number of nitrogens with one attached hydrogen (secondary N) is 1. The number of carbonyl (C=O) groups excluding carboxylic acids is 1. The lowest BCUT2D eigenvalue weighted by atomic mass is 10.1. The Labute approximate surface area is 161 Å². The zero-order valence-electron chi connectivity index (χ0n) is 16.6. The normalized spacial score (nSPS) is 11.8. The third kappa shape index (κ3) is 5.89. The van der Waals surface area contributed by atoms with Crippen molar-refractivity contribution in [3.63, 3.8) is 0 Å². The van der Waals surface area contributed by atoms with E-state index in [1.165, 1.54) is 0 Å². The molecule has 2 aromatic rings. The standard InChI is InChI=1S/C21H28N2O4/c1-15(19-12-18(26-4)10-11-20(19)27-5)22-21(24)14-23(2)13-16-6-8-17(25-3)9-7-16/h6-12,15H,13-14H2,1-5H3,(H,22,24)/t15-/m1/s1. The Bertz CT molecular complexity index is 746. The Balaban J connectivity index is 1.93. The Kier molecular flexibility index (Phi) is 7.49. The van der Waals surface area contributed by atoms with Gasteiger partial charge in [-0.2, -0.15) is 0 Å². The van der Waals surface area contributed by atoms with Crippen LogP contribution in [0.1, 0.15) is 24.1 Å². The third-order valence-corrected chi connectivity index (χ3v) is 4.31. The molecule has 0 aromatic heterocycles. The number of rotatable bonds is 9. The summed E-state index contributed by atoms with van der Waals surface area (Å²) in [6, 6.07) is 13.2. The van der Waals surface area contributed by atoms with E-state index < -0.39 is 0 Å². The van der Waals surface area contributed by atoms with E-state index in [0.717, 1.165) is 28.4 Å². The molecule has 27 heavy (non-hydrogen) atoms. The van der Waals surface area contributed by atoms with Crippen LogP contribution in [-0.2, 0) is 11.3 Å². The second kappa shape index (κ2) is 9.83. The van der Waals surface area contributed by atoms with E-state index in [0.29, 0.717) is 13.1 Å². The predicted octanol–water partition coefficient (Wildman–Crippen LogP) is 3.02. The van der Waals surface area contributed by atoms with Crippen LogP contribution in [0.25, 0.3) is 0 Å². The topological polar surface area (TPSA) is 60.0 Å². The van der Waals surface area contributed by atoms with Crippen molar-refractivity contribution in [2.75, 3.05) is 34.9 Å². The van der Waals surface area contributed by atoms with Crippen LogP contribution in [0, 0.1) is 0 Å². The van der Waals surface area contributed by atoms with E-state index in [2.05, 4.69) is 5.32 Å². The molecular weight excluding hydrogens is 344 g/mol. The van der Waals surface area contributed by atoms with Crippen molar-refractivity contribution in [1.29, 1.82) is 0 Å². The lowest BCUT2D eigenvalue weighted by Crippen LogP contribution is -2.36. The van der Waals surface area contributed by atoms with Crippen LogP contribution < -0.4 is 19.5 Å². The van der Waals surface area contributed by atoms with Crippen molar-refractivity contribution in [3.8, 4) is 17.2 Å². The first-order chi connectivity index (χ1) is 13.0. The molecule has 0 aliphatic heterocycles. The summed E-state index contributed by atoms with van der Waals surface area (Å²) in [7, 11) is 6.79. The molecule has 1 N–H and O–H groups in total. The van der Waals surface area contributed by atoms with Crippen molar-refractivity contribution in [1.82, 2.24) is 10.2 Å². The van der Waals surface area contributed by atoms with Crippen molar-refractivity contribution in [2.24, 2.45) is 0 Å². The highest BCUT2D eigenvalue weighted by molar-refractivity contribution is 5.78. The number of benzene rings is 2. The molecule has 0 radical (unpaired) electrons. The summed E-state index contributed by atoms with van der Waals surface area (Å²) in [5, 5.41) is 3.02. The van der Waals surface area contributed by atoms with Crippen molar-refractivity contribution in [2.45, 2.75) is 19.5 Å². The molecule has 146 valence electrons. The van der Waals surface area contributed by atoms with Gasteiger partial charge < -0.3 is 19.5 Å². The number of nitrogens with zero attached hydrogens (tertiary/aromatic N) is 1. The molecule has 6 heteroatoms. The predicted molar refractivity (Wildman–Crippen MR) is 105 cm³/mol. The van der Waals surface area contributed by atoms with Gasteiger partial charge in [0.15, 0.2) is 0 Å². The van der Waals surface area contributed by atoms with Gasteiger partial charge in [-0.1, -0.05) is 12.1 Å². The van der Waals surface area contributed by atoms with E-state index >= 15 is 0 Å². The van der Waals surface area contributed by atoms with Gasteiger partial charge in [0.25, 0.3) is 0 Å². The van der Waals surface area contributed by atoms with Crippen LogP contribution in [0.4, 0.5) is 0 Å². The van der Waals surface area contributed by atoms with Crippen molar-refractivity contribution in [3.05, 3.63) is 53.6 Å². The molecule has 0 fully saturated rings. The van der Waals surface area contributed by atoms with Crippen LogP contribution in [0.5, 0.6) is 17.2 Å². The average molecular weight is 372 g/mol. The number of hydrogen-bond donors (Lipinski definition) is 1. The van der Waals surface area contributed by atoms with E-state index in [-0.39, 0.29) is 11.9 Å². The van der Waals surface area contributed by atoms with Crippen LogP contribution in [-0.4, -0.2) is 45.7 Å². The molecule has 0 spiro atoms. The molecule has 1 amide bonds. The minimum Gasteiger partial charge on any atom is -0.497 e. The number of ether oxygens (including phenoxy) is 3. The summed E-state index contributed by atoms with van der Waals surface area (Å²) in [5.74, 6) is 2.21. The van der Waals surface area contributed by atoms with Gasteiger partial charge in [0.2, 0.25) is 5.91 Å². The Morgan fingerprint density at radius 2 is 1.63 bits per heavy atom. The van der Waals surface area contributed by atoms with Gasteiger partial charge in [0.05, 0.1) is 33.9 Å². The molecule has 0 bridgehead atoms. The first-order valence-electron chi connectivity index (χ1n) is 8.79. The fourth-order valence-corrected chi connectivity index (χ4v) is 2.89. The van der Waals surface area contributed by atoms with Gasteiger partial charge in [0.1, 0.15) is 17.2 Å². The molecule has 0 heterocycles. The van der Waals surface area contributed by atoms with E-state index in [4.69, 9.17) is 14.2 Å². The molecule has 6 nitrogen and oxygen atoms in total. The van der Waals surface area contributed by atoms with E-state index in [9.17, 15) is 4.79 Å². The second-order valence-corrected chi connectivity index (χ2v) is 6.42. The molecule has 2 rings (SSSR count). The van der Waals surface area contributed by atoms with Crippen molar-refractivity contribution >= 4 is 5.91 Å². The monoisotopic (exact) mass is 372 g/mol. The molecule has 0 saturated heterocycles. The SMILES string of the molecule is COc1ccc(CN(C)CC(=O)N[C@H](C)c2cc(OC)ccc2OC)cc1. The zero-order chi connectivity index (χ0) is 19.8. The number of hydrogen-bond acceptors (Lipinski definition) is 5. The van der Waals surface area contributed by atoms with Gasteiger partial charge in [-0.15, -0.1) is 0 Å². The van der Waals surface area contributed by atoms with Gasteiger partial charge in [-0.05, 0) is 49.9 Å². The fraction of sp³-hybridized carbons (Fsp3) is 0.381. The zero-order valence-corrected chi connectivity index (χ0v) is 16.6. The van der Waals surface area contributed by atoms with Gasteiger partial charge in [-0.3, -0.25) is 9.69 Å². The summed E-state index contributed by atoms with van der Waals surface area (Å²) in [6.45, 7) is 2.90. The highest BCUT2D eigenvalue weighted by atomic mass is 16.5. The molecule has 0 aliphatic carbocycles. The summed E-state index contributed by atoms with van der Waals surface area (Å²) in [5.41, 5.74) is 2.00. The van der Waals surface area contributed by atoms with Gasteiger partial charge >= 0.3 is 0 Å². The number of carbonyl (C=O) groups is 1. The Hall–Kier alpha value is -2.73. The quantitative estimate of drug-likeness (QED) is 0.733. The van der Waals surface area contributed by atoms with Crippen LogP contribution in [0.15, 0.2) is 42.5 Å². The van der Waals surface area contributed by atoms with Gasteiger partial charge in [0, 0.05) is 12.1 Å². The third-order valence-electron chi connectivity index (χ3n) is 4.31. The van der Waals surface area contributed by atoms with Gasteiger partial charge in [-0.25, -0.2) is 0 Å². The number of methoxy groups -OCH3 is 3. The maximum Gasteiger partial charge on any atom is 0.234 e. The molecular formula is C21H28N2O4. The first-order valence-corrected chi connectivity index (χ1v) is 8.79. The number of amides is 1. The molecule has 0 unspecified atom stereocenters. The molecule has 0 saturated carbocycles. The average Bonchev–Trinajstić information content (AvgIpc) is 2.67. The smallest absolute Gasteiger partial charge is 0.234 e. The first kappa shape index (κ1) is 20.6. The number of likely N-dealkylation sites (N-methyl/N-ethyl adjacent to an activating group) is 1. The Morgan fingerprint density at radius 1 is 1.00 bits per heavy atom. The minimum atomic E-state index is -0.197. The van der Waals surface area contributed by atoms with Crippen LogP contribution in [0.2, 0.25) is 0 Å². The maximum atomic E-state index is 12.4. The van der Waals surface area contributed by atoms with E-state index in [1.54, 1.807) is 21.3 Å². The largest absolute Gasteiger partial charge is 0.497 e. The lowest BCUT2D eigenvalue weighted by Gasteiger charge is -2.21. The maximum absolute atomic E-state index is 12.4. The highest BCUT2D eigenvalue weighted by Gasteiger charge is 2.16. The summed E-state index contributed by atoms with van der Waals surface area (Å²) in [4.78, 5) is 14.4. The lowest BCUT2D eigenvalue weighted by molar-refractivity contribution is -0.122. The van der Waals surface area contributed by atoms with Crippen LogP contribution >= 0.6 is 0 Å². The second-order valence-electron chi connectivity index (χ2n) is 6.42. The summed E-state index contributed by atoms with van der Waals surface area (Å²) < 4.78 is 15.8. The molecule has 0 aliphatic rings. The van der Waals surface area contributed by atoms with E-state index in [1.807, 2.05) is 61.3 Å². The molecule has 2 aromatic carbocycles. The van der Waals surface area contributed by atoms with Crippen molar-refractivity contribution < 1.29 is 19.0 Å². The Morgan fingerprint density at radius 3 is 2.22 bits per heavy atom. The molecule has 1 atom stereocenters. The fourth-order valence-electron chi connectivity index (χ4n) is 2.89. The summed E-state index contributed by atoms with van der Waals surface area (Å²) in [6.07, 6.45) is 0. The summed E-state index contributed by atoms with van der Waals surface area (Å²) >= 11 is 0. The minimum absolute atomic E-state index is 0.0524. The van der Waals surface area contributed by atoms with Crippen LogP contribution in [0.3, 0.4) is 0 Å². The highest BCUT2D eigenvalue weighted by Crippen LogP contribution is 2.29.